The van der Waals surface area contributed by atoms with Crippen molar-refractivity contribution < 1.29 is 19.4 Å². The minimum atomic E-state index is -1.08. The Kier molecular flexibility index (Phi) is 4.34. The van der Waals surface area contributed by atoms with E-state index in [0.29, 0.717) is 0 Å². The zero-order valence-electron chi connectivity index (χ0n) is 8.79. The van der Waals surface area contributed by atoms with E-state index in [1.807, 2.05) is 0 Å². The molecule has 0 atom stereocenters. The Morgan fingerprint density at radius 1 is 1.29 bits per heavy atom. The maximum atomic E-state index is 11.1. The van der Waals surface area contributed by atoms with Gasteiger partial charge in [-0.05, 0) is 27.2 Å². The zero-order chi connectivity index (χ0) is 11.4. The van der Waals surface area contributed by atoms with E-state index in [1.165, 1.54) is 0 Å². The van der Waals surface area contributed by atoms with Crippen molar-refractivity contribution in [2.24, 2.45) is 0 Å². The molecule has 14 heavy (non-hydrogen) atoms. The molecule has 80 valence electrons. The van der Waals surface area contributed by atoms with Crippen LogP contribution in [0.4, 0.5) is 0 Å². The zero-order valence-corrected chi connectivity index (χ0v) is 8.79. The van der Waals surface area contributed by atoms with E-state index in [9.17, 15) is 9.59 Å². The third-order valence-electron chi connectivity index (χ3n) is 1.35. The van der Waals surface area contributed by atoms with Gasteiger partial charge in [0.15, 0.2) is 0 Å². The Morgan fingerprint density at radius 3 is 2.14 bits per heavy atom. The van der Waals surface area contributed by atoms with Gasteiger partial charge in [0, 0.05) is 12.0 Å². The van der Waals surface area contributed by atoms with Crippen LogP contribution in [0.1, 0.15) is 33.6 Å². The molecule has 0 saturated heterocycles. The highest BCUT2D eigenvalue weighted by Gasteiger charge is 2.16. The Bertz CT molecular complexity index is 247. The summed E-state index contributed by atoms with van der Waals surface area (Å²) < 4.78 is 4.99. The third-order valence-corrected chi connectivity index (χ3v) is 1.35. The first-order valence-corrected chi connectivity index (χ1v) is 4.35. The average Bonchev–Trinajstić information content (AvgIpc) is 1.96. The van der Waals surface area contributed by atoms with Crippen LogP contribution in [0.15, 0.2) is 12.2 Å². The molecular formula is C10H16O4. The summed E-state index contributed by atoms with van der Waals surface area (Å²) in [6, 6.07) is 0. The molecule has 0 saturated carbocycles. The fourth-order valence-electron chi connectivity index (χ4n) is 0.752. The van der Waals surface area contributed by atoms with Crippen LogP contribution in [0.5, 0.6) is 0 Å². The second-order valence-corrected chi connectivity index (χ2v) is 4.00. The highest BCUT2D eigenvalue weighted by Crippen LogP contribution is 2.11. The maximum absolute atomic E-state index is 11.1. The summed E-state index contributed by atoms with van der Waals surface area (Å²) in [6.45, 7) is 8.60. The van der Waals surface area contributed by atoms with Crippen LogP contribution in [-0.2, 0) is 14.3 Å². The number of carbonyl (C=O) groups is 2. The highest BCUT2D eigenvalue weighted by atomic mass is 16.6. The smallest absolute Gasteiger partial charge is 0.330 e. The van der Waals surface area contributed by atoms with Gasteiger partial charge in [-0.15, -0.1) is 0 Å². The average molecular weight is 200 g/mol. The Morgan fingerprint density at radius 2 is 1.79 bits per heavy atom. The quantitative estimate of drug-likeness (QED) is 0.554. The summed E-state index contributed by atoms with van der Waals surface area (Å²) in [5.74, 6) is -1.48. The lowest BCUT2D eigenvalue weighted by atomic mass is 10.1. The van der Waals surface area contributed by atoms with E-state index in [4.69, 9.17) is 9.84 Å². The maximum Gasteiger partial charge on any atom is 0.330 e. The summed E-state index contributed by atoms with van der Waals surface area (Å²) in [5, 5.41) is 8.48. The Labute approximate surface area is 83.6 Å². The van der Waals surface area contributed by atoms with Gasteiger partial charge < -0.3 is 9.84 Å². The SMILES string of the molecule is C=C(CCC(=O)OC(C)(C)C)C(=O)O. The molecule has 0 radical (unpaired) electrons. The summed E-state index contributed by atoms with van der Waals surface area (Å²) in [7, 11) is 0. The van der Waals surface area contributed by atoms with Gasteiger partial charge >= 0.3 is 11.9 Å². The summed E-state index contributed by atoms with van der Waals surface area (Å²) in [6.07, 6.45) is 0.187. The topological polar surface area (TPSA) is 63.6 Å². The Balaban J connectivity index is 3.87. The fourth-order valence-corrected chi connectivity index (χ4v) is 0.752. The molecule has 0 aromatic rings. The van der Waals surface area contributed by atoms with E-state index < -0.39 is 17.5 Å². The predicted molar refractivity (Wildman–Crippen MR) is 51.9 cm³/mol. The molecule has 0 aliphatic rings. The Hall–Kier alpha value is -1.32. The number of carboxylic acid groups (broad SMARTS) is 1. The molecule has 1 N–H and O–H groups in total. The molecule has 0 aliphatic heterocycles. The molecule has 0 aliphatic carbocycles. The number of carbonyl (C=O) groups excluding carboxylic acids is 1. The summed E-state index contributed by atoms with van der Waals surface area (Å²) >= 11 is 0. The van der Waals surface area contributed by atoms with Crippen molar-refractivity contribution in [3.05, 3.63) is 12.2 Å². The first-order valence-electron chi connectivity index (χ1n) is 4.35. The van der Waals surface area contributed by atoms with Gasteiger partial charge in [0.1, 0.15) is 5.60 Å². The van der Waals surface area contributed by atoms with E-state index in [0.717, 1.165) is 0 Å². The van der Waals surface area contributed by atoms with Crippen molar-refractivity contribution >= 4 is 11.9 Å². The van der Waals surface area contributed by atoms with Crippen molar-refractivity contribution in [2.45, 2.75) is 39.2 Å². The van der Waals surface area contributed by atoms with Gasteiger partial charge in [-0.2, -0.15) is 0 Å². The molecule has 0 bridgehead atoms. The number of hydrogen-bond acceptors (Lipinski definition) is 3. The van der Waals surface area contributed by atoms with Gasteiger partial charge in [0.25, 0.3) is 0 Å². The van der Waals surface area contributed by atoms with Crippen molar-refractivity contribution in [1.29, 1.82) is 0 Å². The third kappa shape index (κ3) is 6.22. The second kappa shape index (κ2) is 4.79. The number of ether oxygens (including phenoxy) is 1. The largest absolute Gasteiger partial charge is 0.478 e. The highest BCUT2D eigenvalue weighted by molar-refractivity contribution is 5.86. The number of rotatable bonds is 4. The number of carboxylic acids is 1. The summed E-state index contributed by atoms with van der Waals surface area (Å²) in [4.78, 5) is 21.5. The van der Waals surface area contributed by atoms with Crippen LogP contribution in [0, 0.1) is 0 Å². The lowest BCUT2D eigenvalue weighted by Crippen LogP contribution is -2.23. The predicted octanol–water partition coefficient (Wildman–Crippen LogP) is 1.75. The molecular weight excluding hydrogens is 184 g/mol. The van der Waals surface area contributed by atoms with Crippen molar-refractivity contribution in [3.8, 4) is 0 Å². The van der Waals surface area contributed by atoms with Crippen LogP contribution >= 0.6 is 0 Å². The second-order valence-electron chi connectivity index (χ2n) is 4.00. The minimum Gasteiger partial charge on any atom is -0.478 e. The number of esters is 1. The van der Waals surface area contributed by atoms with Crippen LogP contribution in [0.3, 0.4) is 0 Å². The molecule has 0 aromatic carbocycles. The van der Waals surface area contributed by atoms with Crippen molar-refractivity contribution in [1.82, 2.24) is 0 Å². The molecule has 0 spiro atoms. The van der Waals surface area contributed by atoms with Gasteiger partial charge in [-0.3, -0.25) is 4.79 Å². The molecule has 0 unspecified atom stereocenters. The van der Waals surface area contributed by atoms with Crippen molar-refractivity contribution in [3.63, 3.8) is 0 Å². The lowest BCUT2D eigenvalue weighted by molar-refractivity contribution is -0.154. The van der Waals surface area contributed by atoms with Crippen LogP contribution in [0.25, 0.3) is 0 Å². The molecule has 0 rings (SSSR count). The molecule has 0 fully saturated rings. The molecule has 4 heteroatoms. The van der Waals surface area contributed by atoms with Crippen LogP contribution in [0.2, 0.25) is 0 Å². The monoisotopic (exact) mass is 200 g/mol. The standard InChI is InChI=1S/C10H16O4/c1-7(9(12)13)5-6-8(11)14-10(2,3)4/h1,5-6H2,2-4H3,(H,12,13). The van der Waals surface area contributed by atoms with Gasteiger partial charge in [0.05, 0.1) is 0 Å². The van der Waals surface area contributed by atoms with Crippen LogP contribution < -0.4 is 0 Å². The van der Waals surface area contributed by atoms with E-state index in [2.05, 4.69) is 6.58 Å². The van der Waals surface area contributed by atoms with Gasteiger partial charge in [-0.25, -0.2) is 4.79 Å². The molecule has 0 aromatic heterocycles. The minimum absolute atomic E-state index is 0.0239. The molecule has 0 heterocycles. The first-order chi connectivity index (χ1) is 6.22. The van der Waals surface area contributed by atoms with E-state index in [1.54, 1.807) is 20.8 Å². The number of aliphatic carboxylic acids is 1. The molecule has 4 nitrogen and oxygen atoms in total. The van der Waals surface area contributed by atoms with E-state index >= 15 is 0 Å². The van der Waals surface area contributed by atoms with E-state index in [-0.39, 0.29) is 18.4 Å². The van der Waals surface area contributed by atoms with Crippen LogP contribution in [-0.4, -0.2) is 22.6 Å². The summed E-state index contributed by atoms with van der Waals surface area (Å²) in [5.41, 5.74) is -0.502. The normalized spacial score (nSPS) is 10.8. The number of hydrogen-bond donors (Lipinski definition) is 1. The first kappa shape index (κ1) is 12.7. The fraction of sp³-hybridized carbons (Fsp3) is 0.600. The lowest BCUT2D eigenvalue weighted by Gasteiger charge is -2.19. The van der Waals surface area contributed by atoms with Crippen molar-refractivity contribution in [2.75, 3.05) is 0 Å². The van der Waals surface area contributed by atoms with Gasteiger partial charge in [-0.1, -0.05) is 6.58 Å². The van der Waals surface area contributed by atoms with Gasteiger partial charge in [0.2, 0.25) is 0 Å². The molecule has 0 amide bonds.